The zero-order valence-electron chi connectivity index (χ0n) is 12.3. The lowest BCUT2D eigenvalue weighted by molar-refractivity contribution is 0.280. The minimum atomic E-state index is -0.429. The van der Waals surface area contributed by atoms with Gasteiger partial charge in [-0.3, -0.25) is 9.20 Å². The number of nitrogens with zero attached hydrogens (tertiary/aromatic N) is 2. The van der Waals surface area contributed by atoms with E-state index in [1.807, 2.05) is 0 Å². The lowest BCUT2D eigenvalue weighted by Crippen LogP contribution is -2.22. The SMILES string of the molecule is C.COc1cccn2c(=O)c(CO)c(Nc3ccc(Cl)cc3)nc12. The Bertz CT molecular complexity index is 907. The minimum absolute atomic E-state index is 0. The maximum absolute atomic E-state index is 12.5. The van der Waals surface area contributed by atoms with Crippen molar-refractivity contribution in [2.24, 2.45) is 0 Å². The predicted molar refractivity (Wildman–Crippen MR) is 95.4 cm³/mol. The Morgan fingerprint density at radius 2 is 2.00 bits per heavy atom. The van der Waals surface area contributed by atoms with Gasteiger partial charge in [-0.1, -0.05) is 19.0 Å². The third-order valence-electron chi connectivity index (χ3n) is 3.40. The summed E-state index contributed by atoms with van der Waals surface area (Å²) in [4.78, 5) is 17.0. The van der Waals surface area contributed by atoms with E-state index < -0.39 is 6.61 Å². The highest BCUT2D eigenvalue weighted by Crippen LogP contribution is 2.23. The van der Waals surface area contributed by atoms with Crippen LogP contribution in [0, 0.1) is 0 Å². The molecule has 2 heterocycles. The van der Waals surface area contributed by atoms with E-state index in [4.69, 9.17) is 16.3 Å². The summed E-state index contributed by atoms with van der Waals surface area (Å²) in [5.74, 6) is 0.748. The van der Waals surface area contributed by atoms with Crippen molar-refractivity contribution in [3.05, 3.63) is 63.5 Å². The van der Waals surface area contributed by atoms with Crippen molar-refractivity contribution < 1.29 is 9.84 Å². The van der Waals surface area contributed by atoms with Gasteiger partial charge in [0, 0.05) is 16.9 Å². The fraction of sp³-hybridized carbons (Fsp3) is 0.176. The molecule has 0 amide bonds. The van der Waals surface area contributed by atoms with Gasteiger partial charge in [-0.25, -0.2) is 4.98 Å². The summed E-state index contributed by atoms with van der Waals surface area (Å²) in [6, 6.07) is 10.4. The van der Waals surface area contributed by atoms with Gasteiger partial charge in [0.25, 0.3) is 5.56 Å². The van der Waals surface area contributed by atoms with E-state index in [1.165, 1.54) is 11.5 Å². The first-order valence-corrected chi connectivity index (χ1v) is 7.23. The second-order valence-corrected chi connectivity index (χ2v) is 5.24. The van der Waals surface area contributed by atoms with Crippen LogP contribution in [-0.4, -0.2) is 21.6 Å². The van der Waals surface area contributed by atoms with Crippen molar-refractivity contribution in [1.82, 2.24) is 9.38 Å². The van der Waals surface area contributed by atoms with Crippen molar-refractivity contribution >= 4 is 28.8 Å². The molecule has 1 aromatic carbocycles. The number of hydrogen-bond acceptors (Lipinski definition) is 5. The number of benzene rings is 1. The van der Waals surface area contributed by atoms with E-state index in [9.17, 15) is 9.90 Å². The zero-order valence-corrected chi connectivity index (χ0v) is 13.0. The number of fused-ring (bicyclic) bond motifs is 1. The van der Waals surface area contributed by atoms with Crippen LogP contribution in [0.2, 0.25) is 5.02 Å². The molecule has 6 nitrogen and oxygen atoms in total. The molecule has 0 spiro atoms. The molecule has 0 atom stereocenters. The number of aliphatic hydroxyl groups is 1. The van der Waals surface area contributed by atoms with E-state index in [0.29, 0.717) is 22.1 Å². The van der Waals surface area contributed by atoms with Crippen molar-refractivity contribution in [2.45, 2.75) is 14.0 Å². The molecule has 0 unspecified atom stereocenters. The van der Waals surface area contributed by atoms with Gasteiger partial charge in [-0.2, -0.15) is 0 Å². The summed E-state index contributed by atoms with van der Waals surface area (Å²) < 4.78 is 6.59. The average molecular weight is 348 g/mol. The van der Waals surface area contributed by atoms with Crippen LogP contribution in [0.4, 0.5) is 11.5 Å². The molecule has 0 fully saturated rings. The number of pyridine rings is 1. The van der Waals surface area contributed by atoms with Crippen LogP contribution in [0.25, 0.3) is 5.65 Å². The van der Waals surface area contributed by atoms with E-state index in [1.54, 1.807) is 42.6 Å². The zero-order chi connectivity index (χ0) is 16.4. The summed E-state index contributed by atoms with van der Waals surface area (Å²) in [5, 5.41) is 13.2. The van der Waals surface area contributed by atoms with Crippen LogP contribution in [0.15, 0.2) is 47.4 Å². The van der Waals surface area contributed by atoms with Gasteiger partial charge in [-0.15, -0.1) is 0 Å². The van der Waals surface area contributed by atoms with E-state index in [0.717, 1.165) is 0 Å². The molecule has 0 saturated carbocycles. The molecule has 0 aliphatic rings. The molecule has 0 aliphatic carbocycles. The van der Waals surface area contributed by atoms with Gasteiger partial charge in [0.05, 0.1) is 19.3 Å². The largest absolute Gasteiger partial charge is 0.493 e. The quantitative estimate of drug-likeness (QED) is 0.757. The van der Waals surface area contributed by atoms with Crippen molar-refractivity contribution in [3.63, 3.8) is 0 Å². The molecule has 0 aliphatic heterocycles. The lowest BCUT2D eigenvalue weighted by Gasteiger charge is -2.13. The number of anilines is 2. The van der Waals surface area contributed by atoms with Gasteiger partial charge in [-0.05, 0) is 36.4 Å². The lowest BCUT2D eigenvalue weighted by atomic mass is 10.2. The third kappa shape index (κ3) is 3.20. The molecule has 3 rings (SSSR count). The summed E-state index contributed by atoms with van der Waals surface area (Å²) >= 11 is 5.86. The van der Waals surface area contributed by atoms with Crippen molar-refractivity contribution in [2.75, 3.05) is 12.4 Å². The summed E-state index contributed by atoms with van der Waals surface area (Å²) in [5.41, 5.74) is 0.891. The normalized spacial score (nSPS) is 10.3. The Morgan fingerprint density at radius 1 is 1.29 bits per heavy atom. The first kappa shape index (κ1) is 17.8. The Balaban J connectivity index is 0.00000208. The number of methoxy groups -OCH3 is 1. The summed E-state index contributed by atoms with van der Waals surface area (Å²) in [7, 11) is 1.51. The number of aliphatic hydroxyl groups excluding tert-OH is 1. The predicted octanol–water partition coefficient (Wildman–Crippen LogP) is 3.23. The van der Waals surface area contributed by atoms with Crippen LogP contribution in [0.3, 0.4) is 0 Å². The number of hydrogen-bond donors (Lipinski definition) is 2. The highest BCUT2D eigenvalue weighted by Gasteiger charge is 2.14. The van der Waals surface area contributed by atoms with Gasteiger partial charge in [0.15, 0.2) is 11.4 Å². The van der Waals surface area contributed by atoms with Gasteiger partial charge >= 0.3 is 0 Å². The number of nitrogens with one attached hydrogen (secondary N) is 1. The fourth-order valence-corrected chi connectivity index (χ4v) is 2.37. The monoisotopic (exact) mass is 347 g/mol. The fourth-order valence-electron chi connectivity index (χ4n) is 2.25. The van der Waals surface area contributed by atoms with Crippen LogP contribution in [0.5, 0.6) is 5.75 Å². The highest BCUT2D eigenvalue weighted by molar-refractivity contribution is 6.30. The topological polar surface area (TPSA) is 75.9 Å². The third-order valence-corrected chi connectivity index (χ3v) is 3.65. The highest BCUT2D eigenvalue weighted by atomic mass is 35.5. The molecule has 0 bridgehead atoms. The molecular formula is C17H18ClN3O3. The molecule has 0 radical (unpaired) electrons. The van der Waals surface area contributed by atoms with Crippen LogP contribution >= 0.6 is 11.6 Å². The molecule has 126 valence electrons. The maximum Gasteiger partial charge on any atom is 0.265 e. The van der Waals surface area contributed by atoms with Crippen molar-refractivity contribution in [1.29, 1.82) is 0 Å². The molecule has 24 heavy (non-hydrogen) atoms. The van der Waals surface area contributed by atoms with E-state index in [2.05, 4.69) is 10.3 Å². The average Bonchev–Trinajstić information content (AvgIpc) is 2.57. The van der Waals surface area contributed by atoms with Crippen LogP contribution < -0.4 is 15.6 Å². The van der Waals surface area contributed by atoms with E-state index in [-0.39, 0.29) is 24.4 Å². The smallest absolute Gasteiger partial charge is 0.265 e. The molecule has 3 aromatic rings. The standard InChI is InChI=1S/C16H14ClN3O3.CH4/c1-23-13-3-2-8-20-15(13)19-14(12(9-21)16(20)22)18-11-6-4-10(17)5-7-11;/h2-8,18,21H,9H2,1H3;1H4. The number of aromatic nitrogens is 2. The van der Waals surface area contributed by atoms with Crippen LogP contribution in [-0.2, 0) is 6.61 Å². The first-order chi connectivity index (χ1) is 11.1. The Hall–Kier alpha value is -2.57. The Morgan fingerprint density at radius 3 is 2.62 bits per heavy atom. The molecular weight excluding hydrogens is 330 g/mol. The molecule has 7 heteroatoms. The second kappa shape index (κ2) is 7.33. The summed E-state index contributed by atoms with van der Waals surface area (Å²) in [6.07, 6.45) is 1.58. The Kier molecular flexibility index (Phi) is 5.43. The maximum atomic E-state index is 12.5. The van der Waals surface area contributed by atoms with Crippen molar-refractivity contribution in [3.8, 4) is 5.75 Å². The van der Waals surface area contributed by atoms with Crippen LogP contribution in [0.1, 0.15) is 13.0 Å². The number of rotatable bonds is 4. The number of halogens is 1. The minimum Gasteiger partial charge on any atom is -0.493 e. The van der Waals surface area contributed by atoms with Gasteiger partial charge < -0.3 is 15.2 Å². The van der Waals surface area contributed by atoms with Gasteiger partial charge in [0.1, 0.15) is 5.82 Å². The molecule has 2 N–H and O–H groups in total. The Labute approximate surface area is 144 Å². The van der Waals surface area contributed by atoms with E-state index >= 15 is 0 Å². The second-order valence-electron chi connectivity index (χ2n) is 4.80. The molecule has 2 aromatic heterocycles. The number of ether oxygens (including phenoxy) is 1. The molecule has 0 saturated heterocycles. The summed E-state index contributed by atoms with van der Waals surface area (Å²) in [6.45, 7) is -0.429. The van der Waals surface area contributed by atoms with Gasteiger partial charge in [0.2, 0.25) is 0 Å². The first-order valence-electron chi connectivity index (χ1n) is 6.85.